The van der Waals surface area contributed by atoms with Crippen molar-refractivity contribution in [2.75, 3.05) is 66.3 Å². The fourth-order valence-corrected chi connectivity index (χ4v) is 8.18. The van der Waals surface area contributed by atoms with Gasteiger partial charge in [-0.1, -0.05) is 11.6 Å². The minimum absolute atomic E-state index is 0.153. The summed E-state index contributed by atoms with van der Waals surface area (Å²) in [6, 6.07) is 11.5. The number of hydrogen-bond donors (Lipinski definition) is 5. The molecule has 6 rings (SSSR count). The largest absolute Gasteiger partial charge is 0.492 e. The number of piperidine rings is 1. The first kappa shape index (κ1) is 43.4. The van der Waals surface area contributed by atoms with Gasteiger partial charge in [-0.3, -0.25) is 39.2 Å². The number of imide groups is 1. The van der Waals surface area contributed by atoms with Crippen molar-refractivity contribution in [3.63, 3.8) is 0 Å². The van der Waals surface area contributed by atoms with Crippen molar-refractivity contribution in [1.82, 2.24) is 20.1 Å². The number of anilines is 4. The van der Waals surface area contributed by atoms with Crippen LogP contribution in [0.1, 0.15) is 56.5 Å². The summed E-state index contributed by atoms with van der Waals surface area (Å²) in [7, 11) is 0. The number of alkyl halides is 3. The van der Waals surface area contributed by atoms with Crippen LogP contribution in [-0.2, 0) is 25.4 Å². The van der Waals surface area contributed by atoms with Crippen LogP contribution in [0, 0.1) is 11.3 Å². The number of halogens is 4. The Balaban J connectivity index is 1.02. The van der Waals surface area contributed by atoms with E-state index in [2.05, 4.69) is 38.5 Å². The van der Waals surface area contributed by atoms with Crippen LogP contribution in [0.3, 0.4) is 0 Å². The Morgan fingerprint density at radius 3 is 2.46 bits per heavy atom. The Bertz CT molecular complexity index is 2160. The summed E-state index contributed by atoms with van der Waals surface area (Å²) >= 11 is 10.9. The molecule has 314 valence electrons. The topological polar surface area (TPSA) is 183 Å². The molecule has 2 aromatic carbocycles. The molecule has 0 radical (unpaired) electrons. The van der Waals surface area contributed by atoms with E-state index in [1.165, 1.54) is 6.07 Å². The van der Waals surface area contributed by atoms with Crippen LogP contribution in [-0.4, -0.2) is 106 Å². The summed E-state index contributed by atoms with van der Waals surface area (Å²) in [5.74, 6) is -1.10. The van der Waals surface area contributed by atoms with Gasteiger partial charge >= 0.3 is 6.18 Å². The maximum Gasteiger partial charge on any atom is 0.419 e. The van der Waals surface area contributed by atoms with Gasteiger partial charge in [0.25, 0.3) is 5.91 Å². The van der Waals surface area contributed by atoms with Gasteiger partial charge < -0.3 is 25.4 Å². The van der Waals surface area contributed by atoms with E-state index in [-0.39, 0.29) is 37.1 Å². The molecule has 4 amide bonds. The molecule has 3 aliphatic heterocycles. The number of ether oxygens (including phenoxy) is 1. The third kappa shape index (κ3) is 9.85. The normalized spacial score (nSPS) is 20.6. The third-order valence-electron chi connectivity index (χ3n) is 10.3. The van der Waals surface area contributed by atoms with Gasteiger partial charge in [0.05, 0.1) is 30.1 Å². The number of thiol groups is 1. The summed E-state index contributed by atoms with van der Waals surface area (Å²) < 4.78 is 47.4. The number of rotatable bonds is 12. The number of benzene rings is 2. The van der Waals surface area contributed by atoms with Gasteiger partial charge in [0, 0.05) is 66.8 Å². The van der Waals surface area contributed by atoms with Crippen LogP contribution in [0.2, 0.25) is 5.02 Å². The molecular weight excluding hydrogens is 815 g/mol. The molecule has 3 aliphatic rings. The van der Waals surface area contributed by atoms with Gasteiger partial charge in [0.1, 0.15) is 30.0 Å². The SMILES string of the molecule is CC(O)c1cc(N2C(S)N(c3cnc(C#N)c(C(F)(F)F)c3)C(=O)C2(C)C)ccc1OCCN1CCN(CC(=O)Nc2cc(Cl)cc(NC3CCC(=O)NC3=O)c2)CC1. The molecule has 3 fully saturated rings. The highest BCUT2D eigenvalue weighted by molar-refractivity contribution is 7.81. The Labute approximate surface area is 348 Å². The van der Waals surface area contributed by atoms with Crippen molar-refractivity contribution in [3.05, 3.63) is 70.5 Å². The minimum Gasteiger partial charge on any atom is -0.492 e. The van der Waals surface area contributed by atoms with E-state index in [9.17, 15) is 42.7 Å². The highest BCUT2D eigenvalue weighted by Crippen LogP contribution is 2.43. The second kappa shape index (κ2) is 17.6. The van der Waals surface area contributed by atoms with Gasteiger partial charge in [-0.25, -0.2) is 4.98 Å². The minimum atomic E-state index is -4.87. The van der Waals surface area contributed by atoms with Crippen molar-refractivity contribution in [2.24, 2.45) is 0 Å². The maximum atomic E-state index is 13.7. The molecule has 3 atom stereocenters. The number of nitrogens with one attached hydrogen (secondary N) is 3. The number of pyridine rings is 1. The standard InChI is InChI=1S/C39H43ClF3N9O6S/c1-22(53)28-17-26(52-37(59)51(36(57)38(52,2)3)27-18-29(39(41,42)43)31(19-44)45-20-27)4-6-32(28)58-13-12-49-8-10-50(11-9-49)21-34(55)47-25-15-23(40)14-24(16-25)46-30-5-7-33(54)48-35(30)56/h4,6,14-18,20,22,30,37,46,53,59H,5,7-13,21H2,1-3H3,(H,47,55)(H,48,54,56). The monoisotopic (exact) mass is 857 g/mol. The predicted octanol–water partition coefficient (Wildman–Crippen LogP) is 4.38. The lowest BCUT2D eigenvalue weighted by molar-refractivity contribution is -0.138. The van der Waals surface area contributed by atoms with E-state index in [1.54, 1.807) is 62.1 Å². The van der Waals surface area contributed by atoms with Gasteiger partial charge in [-0.05, 0) is 69.7 Å². The number of nitrogens with zero attached hydrogens (tertiary/aromatic N) is 6. The number of aromatic nitrogens is 1. The van der Waals surface area contributed by atoms with Crippen molar-refractivity contribution >= 4 is 70.6 Å². The predicted molar refractivity (Wildman–Crippen MR) is 216 cm³/mol. The fraction of sp³-hybridized carbons (Fsp3) is 0.436. The first-order valence-corrected chi connectivity index (χ1v) is 19.6. The number of carbonyl (C=O) groups is 4. The smallest absolute Gasteiger partial charge is 0.419 e. The molecule has 3 unspecified atom stereocenters. The molecule has 0 spiro atoms. The highest BCUT2D eigenvalue weighted by atomic mass is 35.5. The molecule has 20 heteroatoms. The van der Waals surface area contributed by atoms with Crippen molar-refractivity contribution in [3.8, 4) is 11.8 Å². The molecular formula is C39H43ClF3N9O6S. The summed E-state index contributed by atoms with van der Waals surface area (Å²) in [6.45, 7) is 8.39. The first-order valence-electron chi connectivity index (χ1n) is 18.7. The van der Waals surface area contributed by atoms with Gasteiger partial charge in [-0.15, -0.1) is 12.6 Å². The second-order valence-electron chi connectivity index (χ2n) is 14.9. The zero-order valence-electron chi connectivity index (χ0n) is 32.3. The number of aliphatic hydroxyl groups is 1. The summed E-state index contributed by atoms with van der Waals surface area (Å²) in [5, 5.41) is 28.5. The van der Waals surface area contributed by atoms with Crippen molar-refractivity contribution in [1.29, 1.82) is 5.26 Å². The number of amides is 4. The summed E-state index contributed by atoms with van der Waals surface area (Å²) in [5.41, 5.74) is -2.71. The molecule has 0 saturated carbocycles. The highest BCUT2D eigenvalue weighted by Gasteiger charge is 2.52. The van der Waals surface area contributed by atoms with Crippen molar-refractivity contribution in [2.45, 2.75) is 63.0 Å². The van der Waals surface area contributed by atoms with Gasteiger partial charge in [-0.2, -0.15) is 18.4 Å². The average molecular weight is 858 g/mol. The molecule has 3 saturated heterocycles. The Hall–Kier alpha value is -5.13. The van der Waals surface area contributed by atoms with E-state index in [4.69, 9.17) is 16.3 Å². The number of aliphatic hydroxyl groups excluding tert-OH is 1. The molecule has 4 N–H and O–H groups in total. The molecule has 1 aromatic heterocycles. The summed E-state index contributed by atoms with van der Waals surface area (Å²) in [4.78, 5) is 60.9. The number of nitriles is 1. The van der Waals surface area contributed by atoms with Crippen LogP contribution in [0.5, 0.6) is 5.75 Å². The van der Waals surface area contributed by atoms with Crippen LogP contribution in [0.4, 0.5) is 35.9 Å². The molecule has 3 aromatic rings. The average Bonchev–Trinajstić information content (AvgIpc) is 3.34. The maximum absolute atomic E-state index is 13.7. The lowest BCUT2D eigenvalue weighted by atomic mass is 10.0. The Morgan fingerprint density at radius 1 is 1.10 bits per heavy atom. The lowest BCUT2D eigenvalue weighted by Gasteiger charge is -2.34. The molecule has 0 bridgehead atoms. The van der Waals surface area contributed by atoms with Gasteiger partial charge in [0.15, 0.2) is 11.2 Å². The fourth-order valence-electron chi connectivity index (χ4n) is 7.28. The Kier molecular flexibility index (Phi) is 13.0. The van der Waals surface area contributed by atoms with E-state index in [1.807, 2.05) is 4.90 Å². The third-order valence-corrected chi connectivity index (χ3v) is 11.0. The molecule has 0 aliphatic carbocycles. The summed E-state index contributed by atoms with van der Waals surface area (Å²) in [6.07, 6.45) is -4.25. The van der Waals surface area contributed by atoms with Crippen LogP contribution < -0.4 is 30.5 Å². The molecule has 15 nitrogen and oxygen atoms in total. The zero-order chi connectivity index (χ0) is 42.8. The number of carbonyl (C=O) groups excluding carboxylic acids is 4. The number of piperazine rings is 1. The number of hydrogen-bond acceptors (Lipinski definition) is 13. The quantitative estimate of drug-likeness (QED) is 0.128. The van der Waals surface area contributed by atoms with Crippen LogP contribution >= 0.6 is 24.2 Å². The van der Waals surface area contributed by atoms with Crippen LogP contribution in [0.25, 0.3) is 0 Å². The molecule has 4 heterocycles. The van der Waals surface area contributed by atoms with E-state index in [0.717, 1.165) is 11.1 Å². The first-order chi connectivity index (χ1) is 27.8. The van der Waals surface area contributed by atoms with E-state index < -0.39 is 52.4 Å². The van der Waals surface area contributed by atoms with Crippen molar-refractivity contribution < 1.29 is 42.2 Å². The van der Waals surface area contributed by atoms with Gasteiger partial charge in [0.2, 0.25) is 17.7 Å². The lowest BCUT2D eigenvalue weighted by Crippen LogP contribution is -2.49. The zero-order valence-corrected chi connectivity index (χ0v) is 34.0. The van der Waals surface area contributed by atoms with Crippen LogP contribution in [0.15, 0.2) is 48.7 Å². The second-order valence-corrected chi connectivity index (χ2v) is 15.8. The van der Waals surface area contributed by atoms with E-state index in [0.29, 0.717) is 78.6 Å². The van der Waals surface area contributed by atoms with E-state index >= 15 is 0 Å². The Morgan fingerprint density at radius 2 is 1.80 bits per heavy atom. The molecule has 59 heavy (non-hydrogen) atoms.